The molecule has 166 valence electrons. The second-order valence-electron chi connectivity index (χ2n) is 8.07. The zero-order valence-corrected chi connectivity index (χ0v) is 19.1. The molecule has 6 nitrogen and oxygen atoms in total. The third-order valence-electron chi connectivity index (χ3n) is 5.89. The summed E-state index contributed by atoms with van der Waals surface area (Å²) in [6.45, 7) is 7.15. The Balaban J connectivity index is 1.25. The van der Waals surface area contributed by atoms with Gasteiger partial charge in [0.25, 0.3) is 0 Å². The average molecular weight is 441 g/mol. The lowest BCUT2D eigenvalue weighted by Crippen LogP contribution is -2.48. The number of hydrogen-bond donors (Lipinski definition) is 1. The van der Waals surface area contributed by atoms with Gasteiger partial charge in [-0.15, -0.1) is 0 Å². The SMILES string of the molecule is COc1ccccc1N1CCN(CC(=O)Nc2cccc(CN3CCSCC3)c2)CC1. The molecule has 2 fully saturated rings. The first-order chi connectivity index (χ1) is 15.2. The van der Waals surface area contributed by atoms with Crippen LogP contribution in [0.2, 0.25) is 0 Å². The van der Waals surface area contributed by atoms with E-state index in [-0.39, 0.29) is 5.91 Å². The predicted molar refractivity (Wildman–Crippen MR) is 129 cm³/mol. The first-order valence-corrected chi connectivity index (χ1v) is 12.2. The van der Waals surface area contributed by atoms with Crippen LogP contribution in [0.15, 0.2) is 48.5 Å². The third-order valence-corrected chi connectivity index (χ3v) is 6.83. The first-order valence-electron chi connectivity index (χ1n) is 11.0. The van der Waals surface area contributed by atoms with Gasteiger partial charge in [0.05, 0.1) is 19.3 Å². The number of ether oxygens (including phenoxy) is 1. The number of piperazine rings is 1. The molecule has 1 amide bonds. The molecule has 0 bridgehead atoms. The van der Waals surface area contributed by atoms with Crippen LogP contribution in [0.1, 0.15) is 5.56 Å². The molecule has 1 N–H and O–H groups in total. The lowest BCUT2D eigenvalue weighted by Gasteiger charge is -2.36. The largest absolute Gasteiger partial charge is 0.495 e. The Morgan fingerprint density at radius 2 is 1.74 bits per heavy atom. The second-order valence-corrected chi connectivity index (χ2v) is 9.30. The van der Waals surface area contributed by atoms with Crippen molar-refractivity contribution in [3.63, 3.8) is 0 Å². The molecule has 0 radical (unpaired) electrons. The van der Waals surface area contributed by atoms with Gasteiger partial charge in [-0.2, -0.15) is 11.8 Å². The van der Waals surface area contributed by atoms with E-state index >= 15 is 0 Å². The number of methoxy groups -OCH3 is 1. The van der Waals surface area contributed by atoms with E-state index in [0.717, 1.165) is 62.9 Å². The molecule has 31 heavy (non-hydrogen) atoms. The molecule has 0 aromatic heterocycles. The minimum absolute atomic E-state index is 0.0530. The Morgan fingerprint density at radius 1 is 0.968 bits per heavy atom. The molecular weight excluding hydrogens is 408 g/mol. The van der Waals surface area contributed by atoms with Crippen LogP contribution in [0.5, 0.6) is 5.75 Å². The summed E-state index contributed by atoms with van der Waals surface area (Å²) in [5.41, 5.74) is 3.27. The number of rotatable bonds is 7. The number of amides is 1. The Kier molecular flexibility index (Phi) is 7.72. The first kappa shape index (κ1) is 22.0. The number of benzene rings is 2. The van der Waals surface area contributed by atoms with Crippen molar-refractivity contribution in [2.24, 2.45) is 0 Å². The maximum absolute atomic E-state index is 12.6. The van der Waals surface area contributed by atoms with Crippen LogP contribution in [-0.2, 0) is 11.3 Å². The molecule has 0 atom stereocenters. The van der Waals surface area contributed by atoms with E-state index < -0.39 is 0 Å². The van der Waals surface area contributed by atoms with E-state index in [0.29, 0.717) is 6.54 Å². The summed E-state index contributed by atoms with van der Waals surface area (Å²) in [6, 6.07) is 16.4. The summed E-state index contributed by atoms with van der Waals surface area (Å²) < 4.78 is 5.49. The number of para-hydroxylation sites is 2. The lowest BCUT2D eigenvalue weighted by atomic mass is 10.2. The van der Waals surface area contributed by atoms with E-state index in [1.165, 1.54) is 17.1 Å². The van der Waals surface area contributed by atoms with Gasteiger partial charge in [0.1, 0.15) is 5.75 Å². The summed E-state index contributed by atoms with van der Waals surface area (Å²) in [5.74, 6) is 3.37. The van der Waals surface area contributed by atoms with Crippen LogP contribution in [0.4, 0.5) is 11.4 Å². The van der Waals surface area contributed by atoms with Crippen molar-refractivity contribution in [1.29, 1.82) is 0 Å². The monoisotopic (exact) mass is 440 g/mol. The third kappa shape index (κ3) is 6.15. The van der Waals surface area contributed by atoms with E-state index in [1.807, 2.05) is 42.1 Å². The van der Waals surface area contributed by atoms with Crippen molar-refractivity contribution in [3.05, 3.63) is 54.1 Å². The Morgan fingerprint density at radius 3 is 2.52 bits per heavy atom. The van der Waals surface area contributed by atoms with Crippen molar-refractivity contribution in [3.8, 4) is 5.75 Å². The van der Waals surface area contributed by atoms with E-state index in [9.17, 15) is 4.79 Å². The van der Waals surface area contributed by atoms with Crippen LogP contribution in [-0.4, -0.2) is 80.1 Å². The highest BCUT2D eigenvalue weighted by atomic mass is 32.2. The number of carbonyl (C=O) groups is 1. The van der Waals surface area contributed by atoms with Gasteiger partial charge in [0.15, 0.2) is 0 Å². The molecule has 0 spiro atoms. The lowest BCUT2D eigenvalue weighted by molar-refractivity contribution is -0.117. The maximum atomic E-state index is 12.6. The van der Waals surface area contributed by atoms with Crippen molar-refractivity contribution in [2.45, 2.75) is 6.54 Å². The molecule has 2 saturated heterocycles. The fourth-order valence-electron chi connectivity index (χ4n) is 4.21. The molecule has 0 aliphatic carbocycles. The van der Waals surface area contributed by atoms with E-state index in [4.69, 9.17) is 4.74 Å². The zero-order chi connectivity index (χ0) is 21.5. The van der Waals surface area contributed by atoms with Crippen LogP contribution in [0.3, 0.4) is 0 Å². The molecule has 4 rings (SSSR count). The van der Waals surface area contributed by atoms with Gasteiger partial charge in [-0.25, -0.2) is 0 Å². The minimum Gasteiger partial charge on any atom is -0.495 e. The van der Waals surface area contributed by atoms with Crippen LogP contribution >= 0.6 is 11.8 Å². The van der Waals surface area contributed by atoms with Gasteiger partial charge in [0.2, 0.25) is 5.91 Å². The van der Waals surface area contributed by atoms with Gasteiger partial charge >= 0.3 is 0 Å². The molecule has 2 aliphatic rings. The highest BCUT2D eigenvalue weighted by Gasteiger charge is 2.21. The second kappa shape index (κ2) is 10.9. The van der Waals surface area contributed by atoms with Crippen LogP contribution in [0, 0.1) is 0 Å². The van der Waals surface area contributed by atoms with Crippen LogP contribution < -0.4 is 15.0 Å². The van der Waals surface area contributed by atoms with Crippen LogP contribution in [0.25, 0.3) is 0 Å². The highest BCUT2D eigenvalue weighted by Crippen LogP contribution is 2.28. The topological polar surface area (TPSA) is 48.1 Å². The summed E-state index contributed by atoms with van der Waals surface area (Å²) in [4.78, 5) is 19.7. The fraction of sp³-hybridized carbons (Fsp3) is 0.458. The van der Waals surface area contributed by atoms with Crippen molar-refractivity contribution >= 4 is 29.0 Å². The van der Waals surface area contributed by atoms with Crippen molar-refractivity contribution < 1.29 is 9.53 Å². The smallest absolute Gasteiger partial charge is 0.238 e. The molecule has 2 aromatic rings. The molecule has 0 saturated carbocycles. The maximum Gasteiger partial charge on any atom is 0.238 e. The number of nitrogens with one attached hydrogen (secondary N) is 1. The van der Waals surface area contributed by atoms with Crippen molar-refractivity contribution in [2.75, 3.05) is 74.6 Å². The van der Waals surface area contributed by atoms with Crippen molar-refractivity contribution in [1.82, 2.24) is 9.80 Å². The number of thioether (sulfide) groups is 1. The summed E-state index contributed by atoms with van der Waals surface area (Å²) in [5, 5.41) is 3.09. The Hall–Kier alpha value is -2.22. The van der Waals surface area contributed by atoms with Gasteiger partial charge in [-0.05, 0) is 29.8 Å². The predicted octanol–water partition coefficient (Wildman–Crippen LogP) is 3.00. The quantitative estimate of drug-likeness (QED) is 0.714. The molecule has 7 heteroatoms. The fourth-order valence-corrected chi connectivity index (χ4v) is 5.19. The highest BCUT2D eigenvalue weighted by molar-refractivity contribution is 7.99. The van der Waals surface area contributed by atoms with Gasteiger partial charge < -0.3 is 15.0 Å². The van der Waals surface area contributed by atoms with Gasteiger partial charge in [-0.3, -0.25) is 14.6 Å². The molecular formula is C24H32N4O2S. The Labute approximate surface area is 189 Å². The summed E-state index contributed by atoms with van der Waals surface area (Å²) in [7, 11) is 1.71. The molecule has 0 unspecified atom stereocenters. The number of hydrogen-bond acceptors (Lipinski definition) is 6. The number of carbonyl (C=O) groups excluding carboxylic acids is 1. The summed E-state index contributed by atoms with van der Waals surface area (Å²) in [6.07, 6.45) is 0. The van der Waals surface area contributed by atoms with Gasteiger partial charge in [-0.1, -0.05) is 24.3 Å². The van der Waals surface area contributed by atoms with E-state index in [1.54, 1.807) is 7.11 Å². The molecule has 2 aromatic carbocycles. The van der Waals surface area contributed by atoms with Gasteiger partial charge in [0, 0.05) is 63.0 Å². The normalized spacial score (nSPS) is 18.0. The zero-order valence-electron chi connectivity index (χ0n) is 18.3. The molecule has 2 heterocycles. The average Bonchev–Trinajstić information content (AvgIpc) is 2.80. The Bertz CT molecular complexity index is 864. The number of anilines is 2. The van der Waals surface area contributed by atoms with E-state index in [2.05, 4.69) is 38.2 Å². The standard InChI is InChI=1S/C24H32N4O2S/c1-30-23-8-3-2-7-22(23)28-11-9-26(10-12-28)19-24(29)25-21-6-4-5-20(17-21)18-27-13-15-31-16-14-27/h2-8,17H,9-16,18-19H2,1H3,(H,25,29). The molecule has 2 aliphatic heterocycles. The summed E-state index contributed by atoms with van der Waals surface area (Å²) >= 11 is 2.03. The minimum atomic E-state index is 0.0530. The number of nitrogens with zero attached hydrogens (tertiary/aromatic N) is 3.